The Bertz CT molecular complexity index is 525. The van der Waals surface area contributed by atoms with E-state index < -0.39 is 0 Å². The van der Waals surface area contributed by atoms with Crippen LogP contribution in [0.2, 0.25) is 5.02 Å². The molecule has 3 heteroatoms. The molecule has 0 radical (unpaired) electrons. The van der Waals surface area contributed by atoms with E-state index in [1.807, 2.05) is 31.2 Å². The molecule has 0 atom stereocenters. The van der Waals surface area contributed by atoms with Gasteiger partial charge in [0, 0.05) is 17.3 Å². The summed E-state index contributed by atoms with van der Waals surface area (Å²) in [5.41, 5.74) is 3.01. The lowest BCUT2D eigenvalue weighted by Gasteiger charge is -2.09. The van der Waals surface area contributed by atoms with Gasteiger partial charge in [-0.25, -0.2) is 4.39 Å². The van der Waals surface area contributed by atoms with Gasteiger partial charge >= 0.3 is 0 Å². The van der Waals surface area contributed by atoms with Gasteiger partial charge in [0.25, 0.3) is 0 Å². The van der Waals surface area contributed by atoms with Gasteiger partial charge in [-0.3, -0.25) is 0 Å². The van der Waals surface area contributed by atoms with Gasteiger partial charge in [0.1, 0.15) is 5.82 Å². The van der Waals surface area contributed by atoms with Crippen molar-refractivity contribution >= 4 is 17.3 Å². The summed E-state index contributed by atoms with van der Waals surface area (Å²) in [5, 5.41) is 3.98. The smallest absolute Gasteiger partial charge is 0.123 e. The van der Waals surface area contributed by atoms with Crippen LogP contribution in [0.4, 0.5) is 10.1 Å². The summed E-state index contributed by atoms with van der Waals surface area (Å²) in [6, 6.07) is 12.2. The predicted octanol–water partition coefficient (Wildman–Crippen LogP) is 4.40. The lowest BCUT2D eigenvalue weighted by atomic mass is 10.1. The number of aryl methyl sites for hydroxylation is 1. The van der Waals surface area contributed by atoms with Crippen molar-refractivity contribution in [1.29, 1.82) is 0 Å². The van der Waals surface area contributed by atoms with Crippen molar-refractivity contribution in [1.82, 2.24) is 0 Å². The number of hydrogen-bond acceptors (Lipinski definition) is 1. The minimum atomic E-state index is -0.211. The van der Waals surface area contributed by atoms with Crippen molar-refractivity contribution in [3.63, 3.8) is 0 Å². The first-order chi connectivity index (χ1) is 8.15. The molecule has 0 amide bonds. The van der Waals surface area contributed by atoms with Crippen LogP contribution in [-0.2, 0) is 6.54 Å². The second-order valence-corrected chi connectivity index (χ2v) is 4.38. The fourth-order valence-corrected chi connectivity index (χ4v) is 1.90. The normalized spacial score (nSPS) is 10.3. The maximum Gasteiger partial charge on any atom is 0.123 e. The standard InChI is InChI=1S/C14H13ClFN/c1-10-7-12(15)5-6-14(10)17-9-11-3-2-4-13(16)8-11/h2-8,17H,9H2,1H3. The van der Waals surface area contributed by atoms with Crippen LogP contribution >= 0.6 is 11.6 Å². The first-order valence-corrected chi connectivity index (χ1v) is 5.77. The SMILES string of the molecule is Cc1cc(Cl)ccc1NCc1cccc(F)c1. The average molecular weight is 250 g/mol. The van der Waals surface area contributed by atoms with Gasteiger partial charge in [-0.05, 0) is 48.4 Å². The molecule has 2 aromatic rings. The molecule has 1 nitrogen and oxygen atoms in total. The molecule has 88 valence electrons. The lowest BCUT2D eigenvalue weighted by Crippen LogP contribution is -2.01. The van der Waals surface area contributed by atoms with Crippen LogP contribution in [-0.4, -0.2) is 0 Å². The minimum Gasteiger partial charge on any atom is -0.381 e. The molecule has 0 bridgehead atoms. The molecule has 2 aromatic carbocycles. The molecule has 1 N–H and O–H groups in total. The second kappa shape index (κ2) is 5.19. The molecule has 2 rings (SSSR count). The summed E-state index contributed by atoms with van der Waals surface area (Å²) in [6.07, 6.45) is 0. The molecule has 0 aliphatic rings. The van der Waals surface area contributed by atoms with Crippen LogP contribution in [0.1, 0.15) is 11.1 Å². The topological polar surface area (TPSA) is 12.0 Å². The Morgan fingerprint density at radius 3 is 2.71 bits per heavy atom. The van der Waals surface area contributed by atoms with Gasteiger partial charge in [0.15, 0.2) is 0 Å². The van der Waals surface area contributed by atoms with Gasteiger partial charge in [-0.15, -0.1) is 0 Å². The van der Waals surface area contributed by atoms with Gasteiger partial charge < -0.3 is 5.32 Å². The third-order valence-corrected chi connectivity index (χ3v) is 2.80. The predicted molar refractivity (Wildman–Crippen MR) is 69.9 cm³/mol. The number of nitrogens with one attached hydrogen (secondary N) is 1. The van der Waals surface area contributed by atoms with E-state index in [-0.39, 0.29) is 5.82 Å². The number of rotatable bonds is 3. The third-order valence-electron chi connectivity index (χ3n) is 2.56. The maximum atomic E-state index is 13.0. The zero-order chi connectivity index (χ0) is 12.3. The number of hydrogen-bond donors (Lipinski definition) is 1. The molecule has 0 aromatic heterocycles. The van der Waals surface area contributed by atoms with E-state index in [2.05, 4.69) is 5.32 Å². The Morgan fingerprint density at radius 1 is 1.18 bits per heavy atom. The molecular weight excluding hydrogens is 237 g/mol. The Morgan fingerprint density at radius 2 is 2.00 bits per heavy atom. The highest BCUT2D eigenvalue weighted by Crippen LogP contribution is 2.20. The van der Waals surface area contributed by atoms with Crippen LogP contribution in [0.5, 0.6) is 0 Å². The summed E-state index contributed by atoms with van der Waals surface area (Å²) >= 11 is 5.88. The minimum absolute atomic E-state index is 0.211. The quantitative estimate of drug-likeness (QED) is 0.850. The highest BCUT2D eigenvalue weighted by molar-refractivity contribution is 6.30. The lowest BCUT2D eigenvalue weighted by molar-refractivity contribution is 0.626. The summed E-state index contributed by atoms with van der Waals surface area (Å²) in [7, 11) is 0. The van der Waals surface area contributed by atoms with Crippen LogP contribution in [0.25, 0.3) is 0 Å². The molecular formula is C14H13ClFN. The molecule has 0 spiro atoms. The zero-order valence-corrected chi connectivity index (χ0v) is 10.3. The molecule has 0 aliphatic heterocycles. The van der Waals surface area contributed by atoms with Crippen LogP contribution in [0, 0.1) is 12.7 Å². The maximum absolute atomic E-state index is 13.0. The van der Waals surface area contributed by atoms with E-state index in [1.165, 1.54) is 12.1 Å². The van der Waals surface area contributed by atoms with Crippen LogP contribution in [0.3, 0.4) is 0 Å². The zero-order valence-electron chi connectivity index (χ0n) is 9.50. The summed E-state index contributed by atoms with van der Waals surface area (Å²) < 4.78 is 13.0. The van der Waals surface area contributed by atoms with E-state index in [9.17, 15) is 4.39 Å². The summed E-state index contributed by atoms with van der Waals surface area (Å²) in [6.45, 7) is 2.58. The largest absolute Gasteiger partial charge is 0.381 e. The summed E-state index contributed by atoms with van der Waals surface area (Å²) in [4.78, 5) is 0. The number of halogens is 2. The van der Waals surface area contributed by atoms with E-state index in [0.29, 0.717) is 6.54 Å². The molecule has 0 fully saturated rings. The Balaban J connectivity index is 2.07. The van der Waals surface area contributed by atoms with Gasteiger partial charge in [0.05, 0.1) is 0 Å². The van der Waals surface area contributed by atoms with Crippen molar-refractivity contribution in [2.45, 2.75) is 13.5 Å². The average Bonchev–Trinajstić information content (AvgIpc) is 2.28. The van der Waals surface area contributed by atoms with Gasteiger partial charge in [-0.2, -0.15) is 0 Å². The fraction of sp³-hybridized carbons (Fsp3) is 0.143. The van der Waals surface area contributed by atoms with Crippen molar-refractivity contribution in [2.24, 2.45) is 0 Å². The van der Waals surface area contributed by atoms with Crippen molar-refractivity contribution in [3.05, 3.63) is 64.4 Å². The van der Waals surface area contributed by atoms with Crippen molar-refractivity contribution in [3.8, 4) is 0 Å². The molecule has 0 saturated heterocycles. The molecule has 0 saturated carbocycles. The summed E-state index contributed by atoms with van der Waals surface area (Å²) in [5.74, 6) is -0.211. The second-order valence-electron chi connectivity index (χ2n) is 3.94. The Labute approximate surface area is 105 Å². The highest BCUT2D eigenvalue weighted by Gasteiger charge is 1.99. The highest BCUT2D eigenvalue weighted by atomic mass is 35.5. The first kappa shape index (κ1) is 11.9. The van der Waals surface area contributed by atoms with E-state index in [1.54, 1.807) is 6.07 Å². The van der Waals surface area contributed by atoms with Crippen LogP contribution in [0.15, 0.2) is 42.5 Å². The fourth-order valence-electron chi connectivity index (χ4n) is 1.67. The van der Waals surface area contributed by atoms with E-state index in [0.717, 1.165) is 21.8 Å². The molecule has 0 aliphatic carbocycles. The van der Waals surface area contributed by atoms with Crippen LogP contribution < -0.4 is 5.32 Å². The van der Waals surface area contributed by atoms with Crippen molar-refractivity contribution < 1.29 is 4.39 Å². The van der Waals surface area contributed by atoms with E-state index >= 15 is 0 Å². The van der Waals surface area contributed by atoms with Gasteiger partial charge in [0.2, 0.25) is 0 Å². The number of anilines is 1. The monoisotopic (exact) mass is 249 g/mol. The molecule has 17 heavy (non-hydrogen) atoms. The molecule has 0 heterocycles. The Hall–Kier alpha value is -1.54. The van der Waals surface area contributed by atoms with E-state index in [4.69, 9.17) is 11.6 Å². The van der Waals surface area contributed by atoms with Gasteiger partial charge in [-0.1, -0.05) is 23.7 Å². The first-order valence-electron chi connectivity index (χ1n) is 5.39. The van der Waals surface area contributed by atoms with Crippen molar-refractivity contribution in [2.75, 3.05) is 5.32 Å². The Kier molecular flexibility index (Phi) is 3.64. The third kappa shape index (κ3) is 3.21. The number of benzene rings is 2. The molecule has 0 unspecified atom stereocenters.